The van der Waals surface area contributed by atoms with E-state index in [0.29, 0.717) is 17.7 Å². The van der Waals surface area contributed by atoms with E-state index in [1.165, 1.54) is 6.07 Å². The van der Waals surface area contributed by atoms with Crippen LogP contribution in [0, 0.1) is 5.82 Å². The Morgan fingerprint density at radius 1 is 1.14 bits per heavy atom. The number of rotatable bonds is 3. The molecule has 0 aliphatic heterocycles. The number of ketones is 1. The standard InChI is InChI=1S/C17H14ClFO2/c18-14-7-1-4-11(17(14)19)10-21-16-9-3-5-12-13(16)6-2-8-15(12)20/h1,3-5,7,9H,2,6,8,10H2. The van der Waals surface area contributed by atoms with E-state index in [0.717, 1.165) is 24.0 Å². The van der Waals surface area contributed by atoms with E-state index in [2.05, 4.69) is 0 Å². The second kappa shape index (κ2) is 5.86. The Bertz CT molecular complexity index is 697. The molecule has 4 heteroatoms. The van der Waals surface area contributed by atoms with E-state index in [9.17, 15) is 9.18 Å². The van der Waals surface area contributed by atoms with Crippen molar-refractivity contribution in [2.75, 3.05) is 0 Å². The summed E-state index contributed by atoms with van der Waals surface area (Å²) in [5.41, 5.74) is 2.06. The van der Waals surface area contributed by atoms with Crippen molar-refractivity contribution in [2.24, 2.45) is 0 Å². The van der Waals surface area contributed by atoms with Crippen LogP contribution < -0.4 is 4.74 Å². The minimum atomic E-state index is -0.458. The first-order valence-corrected chi connectivity index (χ1v) is 7.25. The van der Waals surface area contributed by atoms with Gasteiger partial charge in [-0.25, -0.2) is 4.39 Å². The third-order valence-electron chi connectivity index (χ3n) is 3.68. The summed E-state index contributed by atoms with van der Waals surface area (Å²) in [5, 5.41) is 0.0846. The second-order valence-electron chi connectivity index (χ2n) is 5.06. The lowest BCUT2D eigenvalue weighted by atomic mass is 9.90. The van der Waals surface area contributed by atoms with E-state index in [-0.39, 0.29) is 17.4 Å². The molecule has 0 saturated heterocycles. The van der Waals surface area contributed by atoms with Crippen LogP contribution >= 0.6 is 11.6 Å². The summed E-state index contributed by atoms with van der Waals surface area (Å²) >= 11 is 5.75. The summed E-state index contributed by atoms with van der Waals surface area (Å²) in [5.74, 6) is 0.343. The average Bonchev–Trinajstić information content (AvgIpc) is 2.49. The molecule has 21 heavy (non-hydrogen) atoms. The molecule has 0 atom stereocenters. The number of carbonyl (C=O) groups excluding carboxylic acids is 1. The summed E-state index contributed by atoms with van der Waals surface area (Å²) in [6.45, 7) is 0.0943. The van der Waals surface area contributed by atoms with Crippen molar-refractivity contribution in [1.82, 2.24) is 0 Å². The minimum Gasteiger partial charge on any atom is -0.488 e. The van der Waals surface area contributed by atoms with Crippen LogP contribution in [0.15, 0.2) is 36.4 Å². The number of benzene rings is 2. The molecule has 0 unspecified atom stereocenters. The third-order valence-corrected chi connectivity index (χ3v) is 3.97. The highest BCUT2D eigenvalue weighted by Crippen LogP contribution is 2.30. The predicted molar refractivity (Wildman–Crippen MR) is 79.5 cm³/mol. The summed E-state index contributed by atoms with van der Waals surface area (Å²) in [6, 6.07) is 10.3. The number of hydrogen-bond acceptors (Lipinski definition) is 2. The lowest BCUT2D eigenvalue weighted by Gasteiger charge is -2.18. The first-order chi connectivity index (χ1) is 10.2. The van der Waals surface area contributed by atoms with Crippen molar-refractivity contribution < 1.29 is 13.9 Å². The van der Waals surface area contributed by atoms with Gasteiger partial charge >= 0.3 is 0 Å². The zero-order valence-electron chi connectivity index (χ0n) is 11.4. The van der Waals surface area contributed by atoms with Crippen molar-refractivity contribution in [3.8, 4) is 5.75 Å². The third kappa shape index (κ3) is 2.79. The van der Waals surface area contributed by atoms with Gasteiger partial charge in [0.25, 0.3) is 0 Å². The Kier molecular flexibility index (Phi) is 3.93. The van der Waals surface area contributed by atoms with Crippen molar-refractivity contribution >= 4 is 17.4 Å². The number of carbonyl (C=O) groups is 1. The van der Waals surface area contributed by atoms with Gasteiger partial charge in [0.15, 0.2) is 5.78 Å². The highest BCUT2D eigenvalue weighted by Gasteiger charge is 2.20. The molecule has 2 nitrogen and oxygen atoms in total. The zero-order chi connectivity index (χ0) is 14.8. The molecule has 0 aromatic heterocycles. The van der Waals surface area contributed by atoms with Gasteiger partial charge < -0.3 is 4.74 Å². The van der Waals surface area contributed by atoms with Crippen molar-refractivity contribution in [1.29, 1.82) is 0 Å². The molecule has 0 fully saturated rings. The maximum Gasteiger partial charge on any atom is 0.163 e. The molecule has 0 radical (unpaired) electrons. The summed E-state index contributed by atoms with van der Waals surface area (Å²) in [6.07, 6.45) is 2.23. The molecular formula is C17H14ClFO2. The van der Waals surface area contributed by atoms with Gasteiger partial charge in [-0.15, -0.1) is 0 Å². The molecule has 0 bridgehead atoms. The average molecular weight is 305 g/mol. The fraction of sp³-hybridized carbons (Fsp3) is 0.235. The molecule has 0 spiro atoms. The van der Waals surface area contributed by atoms with Crippen LogP contribution in [0.1, 0.15) is 34.3 Å². The number of fused-ring (bicyclic) bond motifs is 1. The molecule has 2 aromatic rings. The quantitative estimate of drug-likeness (QED) is 0.830. The Balaban J connectivity index is 1.84. The molecule has 0 heterocycles. The van der Waals surface area contributed by atoms with Gasteiger partial charge in [0.1, 0.15) is 18.2 Å². The van der Waals surface area contributed by atoms with Crippen LogP contribution in [0.3, 0.4) is 0 Å². The van der Waals surface area contributed by atoms with E-state index in [1.54, 1.807) is 18.2 Å². The zero-order valence-corrected chi connectivity index (χ0v) is 12.1. The van der Waals surface area contributed by atoms with Crippen molar-refractivity contribution in [3.05, 3.63) is 63.9 Å². The van der Waals surface area contributed by atoms with Gasteiger partial charge in [-0.05, 0) is 25.0 Å². The topological polar surface area (TPSA) is 26.3 Å². The molecule has 0 N–H and O–H groups in total. The van der Waals surface area contributed by atoms with Gasteiger partial charge in [-0.2, -0.15) is 0 Å². The fourth-order valence-corrected chi connectivity index (χ4v) is 2.79. The van der Waals surface area contributed by atoms with Gasteiger partial charge in [-0.3, -0.25) is 4.79 Å². The maximum absolute atomic E-state index is 13.8. The predicted octanol–water partition coefficient (Wildman–Crippen LogP) is 4.58. The van der Waals surface area contributed by atoms with Crippen LogP contribution in [0.25, 0.3) is 0 Å². The number of hydrogen-bond donors (Lipinski definition) is 0. The van der Waals surface area contributed by atoms with Crippen LogP contribution in [0.4, 0.5) is 4.39 Å². The lowest BCUT2D eigenvalue weighted by molar-refractivity contribution is 0.0971. The van der Waals surface area contributed by atoms with Crippen LogP contribution in [-0.2, 0) is 13.0 Å². The molecule has 1 aliphatic rings. The van der Waals surface area contributed by atoms with Gasteiger partial charge in [0.05, 0.1) is 5.02 Å². The van der Waals surface area contributed by atoms with Crippen molar-refractivity contribution in [2.45, 2.75) is 25.9 Å². The molecule has 3 rings (SSSR count). The molecule has 0 saturated carbocycles. The minimum absolute atomic E-state index is 0.0846. The Hall–Kier alpha value is -1.87. The molecule has 2 aromatic carbocycles. The SMILES string of the molecule is O=C1CCCc2c(OCc3cccc(Cl)c3F)cccc21. The molecule has 108 valence electrons. The van der Waals surface area contributed by atoms with Crippen LogP contribution in [-0.4, -0.2) is 5.78 Å². The van der Waals surface area contributed by atoms with E-state index < -0.39 is 5.82 Å². The molecule has 1 aliphatic carbocycles. The van der Waals surface area contributed by atoms with Gasteiger partial charge in [0, 0.05) is 23.1 Å². The maximum atomic E-state index is 13.8. The highest BCUT2D eigenvalue weighted by molar-refractivity contribution is 6.30. The smallest absolute Gasteiger partial charge is 0.163 e. The first-order valence-electron chi connectivity index (χ1n) is 6.87. The van der Waals surface area contributed by atoms with Gasteiger partial charge in [0.2, 0.25) is 0 Å². The van der Waals surface area contributed by atoms with Crippen LogP contribution in [0.5, 0.6) is 5.75 Å². The Morgan fingerprint density at radius 3 is 2.81 bits per heavy atom. The Morgan fingerprint density at radius 2 is 1.95 bits per heavy atom. The monoisotopic (exact) mass is 304 g/mol. The lowest BCUT2D eigenvalue weighted by Crippen LogP contribution is -2.12. The Labute approximate surface area is 127 Å². The normalized spacial score (nSPS) is 13.9. The fourth-order valence-electron chi connectivity index (χ4n) is 2.60. The molecular weight excluding hydrogens is 291 g/mol. The largest absolute Gasteiger partial charge is 0.488 e. The number of halogens is 2. The van der Waals surface area contributed by atoms with Crippen molar-refractivity contribution in [3.63, 3.8) is 0 Å². The van der Waals surface area contributed by atoms with E-state index >= 15 is 0 Å². The summed E-state index contributed by atoms with van der Waals surface area (Å²) in [4.78, 5) is 11.9. The van der Waals surface area contributed by atoms with Gasteiger partial charge in [-0.1, -0.05) is 35.9 Å². The number of ether oxygens (including phenoxy) is 1. The second-order valence-corrected chi connectivity index (χ2v) is 5.47. The number of Topliss-reactive ketones (excluding diaryl/α,β-unsaturated/α-hetero) is 1. The van der Waals surface area contributed by atoms with E-state index in [4.69, 9.17) is 16.3 Å². The summed E-state index contributed by atoms with van der Waals surface area (Å²) < 4.78 is 19.6. The summed E-state index contributed by atoms with van der Waals surface area (Å²) in [7, 11) is 0. The van der Waals surface area contributed by atoms with Crippen LogP contribution in [0.2, 0.25) is 5.02 Å². The van der Waals surface area contributed by atoms with E-state index in [1.807, 2.05) is 12.1 Å². The first kappa shape index (κ1) is 14.1. The molecule has 0 amide bonds. The highest BCUT2D eigenvalue weighted by atomic mass is 35.5.